The number of hydrogen-bond acceptors (Lipinski definition) is 3. The molecule has 30 heavy (non-hydrogen) atoms. The molecule has 0 saturated heterocycles. The first-order chi connectivity index (χ1) is 14.3. The fourth-order valence-electron chi connectivity index (χ4n) is 3.51. The van der Waals surface area contributed by atoms with Crippen LogP contribution in [0, 0.1) is 12.7 Å². The van der Waals surface area contributed by atoms with Gasteiger partial charge in [0.2, 0.25) is 10.0 Å². The van der Waals surface area contributed by atoms with Gasteiger partial charge < -0.3 is 5.32 Å². The number of hydrogen-bond donors (Lipinski definition) is 1. The van der Waals surface area contributed by atoms with Crippen LogP contribution in [-0.2, 0) is 23.0 Å². The largest absolute Gasteiger partial charge is 0.322 e. The third-order valence-electron chi connectivity index (χ3n) is 5.19. The smallest absolute Gasteiger partial charge is 0.255 e. The molecular weight excluding hydrogens is 403 g/mol. The summed E-state index contributed by atoms with van der Waals surface area (Å²) in [5.41, 5.74) is 3.65. The molecule has 0 radical (unpaired) electrons. The van der Waals surface area contributed by atoms with E-state index in [1.807, 2.05) is 13.0 Å². The number of benzene rings is 3. The highest BCUT2D eigenvalue weighted by molar-refractivity contribution is 7.89. The van der Waals surface area contributed by atoms with Gasteiger partial charge in [-0.15, -0.1) is 0 Å². The Labute approximate surface area is 175 Å². The molecule has 154 valence electrons. The topological polar surface area (TPSA) is 66.5 Å². The minimum Gasteiger partial charge on any atom is -0.322 e. The highest BCUT2D eigenvalue weighted by Crippen LogP contribution is 2.27. The first-order valence-electron chi connectivity index (χ1n) is 9.58. The molecule has 1 heterocycles. The van der Waals surface area contributed by atoms with Gasteiger partial charge in [-0.05, 0) is 66.9 Å². The molecule has 0 bridgehead atoms. The molecule has 0 aromatic heterocycles. The maximum Gasteiger partial charge on any atom is 0.255 e. The van der Waals surface area contributed by atoms with E-state index in [0.717, 1.165) is 16.7 Å². The summed E-state index contributed by atoms with van der Waals surface area (Å²) in [5, 5.41) is 2.75. The zero-order chi connectivity index (χ0) is 21.3. The van der Waals surface area contributed by atoms with Crippen LogP contribution in [0.25, 0.3) is 0 Å². The Morgan fingerprint density at radius 1 is 1.00 bits per heavy atom. The van der Waals surface area contributed by atoms with Crippen LogP contribution in [0.1, 0.15) is 27.0 Å². The van der Waals surface area contributed by atoms with Gasteiger partial charge in [-0.25, -0.2) is 12.8 Å². The van der Waals surface area contributed by atoms with Crippen LogP contribution < -0.4 is 5.32 Å². The SMILES string of the molecule is Cc1ccc(S(=O)(=O)N2CCc3ccc(NC(=O)c4cccc(F)c4)cc3C2)cc1. The average Bonchev–Trinajstić information content (AvgIpc) is 2.73. The van der Waals surface area contributed by atoms with Crippen molar-refractivity contribution in [3.63, 3.8) is 0 Å². The summed E-state index contributed by atoms with van der Waals surface area (Å²) in [6.07, 6.45) is 0.596. The number of sulfonamides is 1. The Morgan fingerprint density at radius 3 is 2.50 bits per heavy atom. The molecule has 4 rings (SSSR count). The van der Waals surface area contributed by atoms with Gasteiger partial charge in [0.05, 0.1) is 4.90 Å². The van der Waals surface area contributed by atoms with Crippen molar-refractivity contribution < 1.29 is 17.6 Å². The number of carbonyl (C=O) groups is 1. The van der Waals surface area contributed by atoms with Crippen LogP contribution in [0.2, 0.25) is 0 Å². The van der Waals surface area contributed by atoms with Crippen molar-refractivity contribution >= 4 is 21.6 Å². The Balaban J connectivity index is 1.55. The third-order valence-corrected chi connectivity index (χ3v) is 7.05. The van der Waals surface area contributed by atoms with Gasteiger partial charge in [0.15, 0.2) is 0 Å². The third kappa shape index (κ3) is 4.13. The molecular formula is C23H21FN2O3S. The Morgan fingerprint density at radius 2 is 1.77 bits per heavy atom. The molecule has 5 nitrogen and oxygen atoms in total. The standard InChI is InChI=1S/C23H21FN2O3S/c1-16-5-9-22(10-6-16)30(28,29)26-12-11-17-7-8-21(14-19(17)15-26)25-23(27)18-3-2-4-20(24)13-18/h2-10,13-14H,11-12,15H2,1H3,(H,25,27). The van der Waals surface area contributed by atoms with E-state index in [4.69, 9.17) is 0 Å². The number of amides is 1. The van der Waals surface area contributed by atoms with E-state index >= 15 is 0 Å². The highest BCUT2D eigenvalue weighted by atomic mass is 32.2. The minimum atomic E-state index is -3.60. The second kappa shape index (κ2) is 8.01. The number of nitrogens with zero attached hydrogens (tertiary/aromatic N) is 1. The van der Waals surface area contributed by atoms with Crippen molar-refractivity contribution in [1.29, 1.82) is 0 Å². The summed E-state index contributed by atoms with van der Waals surface area (Å²) in [4.78, 5) is 12.7. The minimum absolute atomic E-state index is 0.219. The van der Waals surface area contributed by atoms with Gasteiger partial charge in [-0.1, -0.05) is 29.8 Å². The van der Waals surface area contributed by atoms with Gasteiger partial charge >= 0.3 is 0 Å². The summed E-state index contributed by atoms with van der Waals surface area (Å²) in [5.74, 6) is -0.903. The number of halogens is 1. The molecule has 1 aliphatic heterocycles. The number of rotatable bonds is 4. The second-order valence-corrected chi connectivity index (χ2v) is 9.29. The summed E-state index contributed by atoms with van der Waals surface area (Å²) in [7, 11) is -3.60. The van der Waals surface area contributed by atoms with Gasteiger partial charge in [0.1, 0.15) is 5.82 Å². The van der Waals surface area contributed by atoms with Crippen molar-refractivity contribution in [3.05, 3.63) is 94.8 Å². The predicted octanol–water partition coefficient (Wildman–Crippen LogP) is 4.13. The van der Waals surface area contributed by atoms with E-state index in [9.17, 15) is 17.6 Å². The van der Waals surface area contributed by atoms with Crippen LogP contribution in [0.5, 0.6) is 0 Å². The molecule has 0 saturated carbocycles. The molecule has 1 N–H and O–H groups in total. The lowest BCUT2D eigenvalue weighted by molar-refractivity contribution is 0.102. The normalized spacial score (nSPS) is 14.2. The van der Waals surface area contributed by atoms with Crippen molar-refractivity contribution in [2.24, 2.45) is 0 Å². The van der Waals surface area contributed by atoms with Crippen molar-refractivity contribution in [3.8, 4) is 0 Å². The van der Waals surface area contributed by atoms with E-state index in [-0.39, 0.29) is 17.0 Å². The fraction of sp³-hybridized carbons (Fsp3) is 0.174. The van der Waals surface area contributed by atoms with E-state index in [1.165, 1.54) is 28.6 Å². The number of carbonyl (C=O) groups excluding carboxylic acids is 1. The molecule has 0 fully saturated rings. The highest BCUT2D eigenvalue weighted by Gasteiger charge is 2.28. The van der Waals surface area contributed by atoms with Gasteiger partial charge in [-0.2, -0.15) is 4.31 Å². The lowest BCUT2D eigenvalue weighted by Crippen LogP contribution is -2.36. The van der Waals surface area contributed by atoms with Crippen LogP contribution in [0.4, 0.5) is 10.1 Å². The predicted molar refractivity (Wildman–Crippen MR) is 113 cm³/mol. The second-order valence-electron chi connectivity index (χ2n) is 7.35. The maximum absolute atomic E-state index is 13.4. The molecule has 3 aromatic carbocycles. The molecule has 0 aliphatic carbocycles. The molecule has 1 aliphatic rings. The van der Waals surface area contributed by atoms with Crippen molar-refractivity contribution in [1.82, 2.24) is 4.31 Å². The monoisotopic (exact) mass is 424 g/mol. The molecule has 3 aromatic rings. The van der Waals surface area contributed by atoms with E-state index in [0.29, 0.717) is 18.7 Å². The lowest BCUT2D eigenvalue weighted by atomic mass is 10.0. The van der Waals surface area contributed by atoms with Crippen molar-refractivity contribution in [2.75, 3.05) is 11.9 Å². The average molecular weight is 424 g/mol. The van der Waals surface area contributed by atoms with E-state index in [1.54, 1.807) is 36.4 Å². The van der Waals surface area contributed by atoms with Crippen LogP contribution >= 0.6 is 0 Å². The van der Waals surface area contributed by atoms with Crippen molar-refractivity contribution in [2.45, 2.75) is 24.8 Å². The summed E-state index contributed by atoms with van der Waals surface area (Å²) >= 11 is 0. The molecule has 0 spiro atoms. The number of nitrogens with one attached hydrogen (secondary N) is 1. The summed E-state index contributed by atoms with van der Waals surface area (Å²) in [6.45, 7) is 2.54. The summed E-state index contributed by atoms with van der Waals surface area (Å²) < 4.78 is 40.8. The first kappa shape index (κ1) is 20.3. The fourth-order valence-corrected chi connectivity index (χ4v) is 4.93. The van der Waals surface area contributed by atoms with Gasteiger partial charge in [0.25, 0.3) is 5.91 Å². The first-order valence-corrected chi connectivity index (χ1v) is 11.0. The van der Waals surface area contributed by atoms with Crippen LogP contribution in [0.15, 0.2) is 71.6 Å². The summed E-state index contributed by atoms with van der Waals surface area (Å²) in [6, 6.07) is 17.7. The molecule has 0 unspecified atom stereocenters. The zero-order valence-corrected chi connectivity index (χ0v) is 17.2. The van der Waals surface area contributed by atoms with Gasteiger partial charge in [-0.3, -0.25) is 4.79 Å². The van der Waals surface area contributed by atoms with E-state index < -0.39 is 21.7 Å². The quantitative estimate of drug-likeness (QED) is 0.685. The van der Waals surface area contributed by atoms with Gasteiger partial charge in [0, 0.05) is 24.3 Å². The number of aryl methyl sites for hydroxylation is 1. The Bertz CT molecular complexity index is 1210. The number of fused-ring (bicyclic) bond motifs is 1. The van der Waals surface area contributed by atoms with Crippen LogP contribution in [-0.4, -0.2) is 25.2 Å². The molecule has 0 atom stereocenters. The lowest BCUT2D eigenvalue weighted by Gasteiger charge is -2.28. The van der Waals surface area contributed by atoms with Crippen LogP contribution in [0.3, 0.4) is 0 Å². The zero-order valence-electron chi connectivity index (χ0n) is 16.4. The maximum atomic E-state index is 13.4. The number of anilines is 1. The van der Waals surface area contributed by atoms with E-state index in [2.05, 4.69) is 5.32 Å². The molecule has 1 amide bonds. The Hall–Kier alpha value is -3.03. The Kier molecular flexibility index (Phi) is 5.40. The molecule has 7 heteroatoms.